The number of para-hydroxylation sites is 1. The number of pyridine rings is 1. The molecule has 2 aromatic carbocycles. The van der Waals surface area contributed by atoms with Gasteiger partial charge in [0.25, 0.3) is 5.91 Å². The van der Waals surface area contributed by atoms with Crippen molar-refractivity contribution < 1.29 is 4.79 Å². The molecule has 29 heavy (non-hydrogen) atoms. The van der Waals surface area contributed by atoms with E-state index in [1.807, 2.05) is 69.3 Å². The Morgan fingerprint density at radius 1 is 1.10 bits per heavy atom. The van der Waals surface area contributed by atoms with Crippen LogP contribution in [0.3, 0.4) is 0 Å². The standard InChI is InChI=1S/C22H22N6O/c1-4-18-14(3)20(17-11-6-7-12-19(17)24-18)22(29)23-16-10-8-9-15(13-16)21-25-26-27-28(21)5-2/h6-13H,4-5H2,1-3H3,(H,23,29). The Hall–Kier alpha value is -3.61. The lowest BCUT2D eigenvalue weighted by Crippen LogP contribution is -2.16. The minimum atomic E-state index is -0.150. The number of carbonyl (C=O) groups is 1. The van der Waals surface area contributed by atoms with Crippen LogP contribution in [0.5, 0.6) is 0 Å². The highest BCUT2D eigenvalue weighted by atomic mass is 16.1. The van der Waals surface area contributed by atoms with Crippen LogP contribution in [0.25, 0.3) is 22.3 Å². The first-order valence-corrected chi connectivity index (χ1v) is 9.68. The molecule has 0 fully saturated rings. The molecule has 7 nitrogen and oxygen atoms in total. The molecule has 0 aliphatic heterocycles. The third-order valence-corrected chi connectivity index (χ3v) is 5.01. The van der Waals surface area contributed by atoms with Crippen LogP contribution in [0.1, 0.15) is 35.5 Å². The second-order valence-corrected chi connectivity index (χ2v) is 6.78. The van der Waals surface area contributed by atoms with E-state index >= 15 is 0 Å². The van der Waals surface area contributed by atoms with E-state index in [0.717, 1.165) is 34.1 Å². The molecule has 2 aromatic heterocycles. The third kappa shape index (κ3) is 3.47. The lowest BCUT2D eigenvalue weighted by atomic mass is 9.99. The number of nitrogens with one attached hydrogen (secondary N) is 1. The number of rotatable bonds is 5. The molecule has 0 spiro atoms. The van der Waals surface area contributed by atoms with Gasteiger partial charge in [-0.25, -0.2) is 4.68 Å². The van der Waals surface area contributed by atoms with Gasteiger partial charge >= 0.3 is 0 Å². The molecule has 0 radical (unpaired) electrons. The van der Waals surface area contributed by atoms with Gasteiger partial charge in [0.15, 0.2) is 5.82 Å². The van der Waals surface area contributed by atoms with Gasteiger partial charge in [-0.15, -0.1) is 5.10 Å². The van der Waals surface area contributed by atoms with Gasteiger partial charge in [-0.2, -0.15) is 0 Å². The number of aryl methyl sites for hydroxylation is 2. The van der Waals surface area contributed by atoms with E-state index in [-0.39, 0.29) is 5.91 Å². The van der Waals surface area contributed by atoms with Crippen molar-refractivity contribution in [2.24, 2.45) is 0 Å². The number of anilines is 1. The maximum absolute atomic E-state index is 13.3. The van der Waals surface area contributed by atoms with Gasteiger partial charge in [-0.3, -0.25) is 9.78 Å². The lowest BCUT2D eigenvalue weighted by molar-refractivity contribution is 0.102. The largest absolute Gasteiger partial charge is 0.322 e. The van der Waals surface area contributed by atoms with Crippen molar-refractivity contribution >= 4 is 22.5 Å². The van der Waals surface area contributed by atoms with Crippen LogP contribution >= 0.6 is 0 Å². The summed E-state index contributed by atoms with van der Waals surface area (Å²) in [6.07, 6.45) is 0.770. The van der Waals surface area contributed by atoms with E-state index in [2.05, 4.69) is 20.8 Å². The summed E-state index contributed by atoms with van der Waals surface area (Å²) in [5.74, 6) is 0.519. The number of nitrogens with zero attached hydrogens (tertiary/aromatic N) is 5. The predicted octanol–water partition coefficient (Wildman–Crippen LogP) is 4.03. The van der Waals surface area contributed by atoms with Crippen molar-refractivity contribution in [2.45, 2.75) is 33.7 Å². The number of hydrogen-bond acceptors (Lipinski definition) is 5. The molecule has 0 atom stereocenters. The highest BCUT2D eigenvalue weighted by Gasteiger charge is 2.18. The Morgan fingerprint density at radius 2 is 1.93 bits per heavy atom. The zero-order chi connectivity index (χ0) is 20.4. The second kappa shape index (κ2) is 7.79. The molecule has 0 saturated heterocycles. The first kappa shape index (κ1) is 18.7. The monoisotopic (exact) mass is 386 g/mol. The minimum absolute atomic E-state index is 0.150. The molecule has 0 aliphatic rings. The van der Waals surface area contributed by atoms with Crippen molar-refractivity contribution in [3.8, 4) is 11.4 Å². The maximum Gasteiger partial charge on any atom is 0.256 e. The van der Waals surface area contributed by atoms with E-state index in [1.165, 1.54) is 0 Å². The summed E-state index contributed by atoms with van der Waals surface area (Å²) in [7, 11) is 0. The van der Waals surface area contributed by atoms with E-state index < -0.39 is 0 Å². The number of tetrazole rings is 1. The Labute approximate surface area is 168 Å². The van der Waals surface area contributed by atoms with Crippen LogP contribution in [-0.4, -0.2) is 31.1 Å². The van der Waals surface area contributed by atoms with Crippen LogP contribution in [0.2, 0.25) is 0 Å². The molecule has 1 amide bonds. The van der Waals surface area contributed by atoms with Crippen molar-refractivity contribution in [3.05, 3.63) is 65.4 Å². The first-order chi connectivity index (χ1) is 14.1. The molecule has 0 unspecified atom stereocenters. The molecule has 7 heteroatoms. The fourth-order valence-corrected chi connectivity index (χ4v) is 3.55. The molecule has 146 valence electrons. The van der Waals surface area contributed by atoms with E-state index in [0.29, 0.717) is 23.6 Å². The molecular weight excluding hydrogens is 364 g/mol. The molecular formula is C22H22N6O. The lowest BCUT2D eigenvalue weighted by Gasteiger charge is -2.14. The first-order valence-electron chi connectivity index (χ1n) is 9.68. The highest BCUT2D eigenvalue weighted by Crippen LogP contribution is 2.26. The van der Waals surface area contributed by atoms with Gasteiger partial charge in [0.2, 0.25) is 0 Å². The molecule has 4 aromatic rings. The number of fused-ring (bicyclic) bond motifs is 1. The summed E-state index contributed by atoms with van der Waals surface area (Å²) in [6.45, 7) is 6.65. The average Bonchev–Trinajstić information content (AvgIpc) is 3.22. The number of benzene rings is 2. The zero-order valence-electron chi connectivity index (χ0n) is 16.7. The van der Waals surface area contributed by atoms with Crippen LogP contribution in [-0.2, 0) is 13.0 Å². The topological polar surface area (TPSA) is 85.6 Å². The molecule has 4 rings (SSSR count). The summed E-state index contributed by atoms with van der Waals surface area (Å²) < 4.78 is 1.72. The Morgan fingerprint density at radius 3 is 2.72 bits per heavy atom. The fourth-order valence-electron chi connectivity index (χ4n) is 3.55. The minimum Gasteiger partial charge on any atom is -0.322 e. The zero-order valence-corrected chi connectivity index (χ0v) is 16.7. The van der Waals surface area contributed by atoms with Crippen LogP contribution in [0, 0.1) is 6.92 Å². The summed E-state index contributed by atoms with van der Waals surface area (Å²) >= 11 is 0. The van der Waals surface area contributed by atoms with Crippen molar-refractivity contribution in [1.29, 1.82) is 0 Å². The van der Waals surface area contributed by atoms with Gasteiger partial charge in [0.05, 0.1) is 11.1 Å². The maximum atomic E-state index is 13.3. The number of aromatic nitrogens is 5. The van der Waals surface area contributed by atoms with Crippen molar-refractivity contribution in [3.63, 3.8) is 0 Å². The quantitative estimate of drug-likeness (QED) is 0.560. The SMILES string of the molecule is CCc1nc2ccccc2c(C(=O)Nc2cccc(-c3nnnn3CC)c2)c1C. The number of amides is 1. The smallest absolute Gasteiger partial charge is 0.256 e. The molecule has 1 N–H and O–H groups in total. The van der Waals surface area contributed by atoms with Crippen LogP contribution in [0.15, 0.2) is 48.5 Å². The fraction of sp³-hybridized carbons (Fsp3) is 0.227. The van der Waals surface area contributed by atoms with Gasteiger partial charge in [-0.05, 0) is 54.5 Å². The third-order valence-electron chi connectivity index (χ3n) is 5.01. The van der Waals surface area contributed by atoms with E-state index in [4.69, 9.17) is 4.98 Å². The van der Waals surface area contributed by atoms with E-state index in [9.17, 15) is 4.79 Å². The number of hydrogen-bond donors (Lipinski definition) is 1. The van der Waals surface area contributed by atoms with Gasteiger partial charge in [0.1, 0.15) is 0 Å². The summed E-state index contributed by atoms with van der Waals surface area (Å²) in [6, 6.07) is 15.3. The summed E-state index contributed by atoms with van der Waals surface area (Å²) in [5.41, 5.74) is 4.88. The van der Waals surface area contributed by atoms with Crippen LogP contribution in [0.4, 0.5) is 5.69 Å². The average molecular weight is 386 g/mol. The molecule has 0 saturated carbocycles. The predicted molar refractivity (Wildman–Crippen MR) is 113 cm³/mol. The van der Waals surface area contributed by atoms with Crippen molar-refractivity contribution in [1.82, 2.24) is 25.2 Å². The van der Waals surface area contributed by atoms with Gasteiger partial charge in [0, 0.05) is 28.9 Å². The van der Waals surface area contributed by atoms with E-state index in [1.54, 1.807) is 4.68 Å². The van der Waals surface area contributed by atoms with Crippen LogP contribution < -0.4 is 5.32 Å². The molecule has 0 aliphatic carbocycles. The Balaban J connectivity index is 1.72. The Kier molecular flexibility index (Phi) is 5.03. The molecule has 2 heterocycles. The molecule has 0 bridgehead atoms. The summed E-state index contributed by atoms with van der Waals surface area (Å²) in [4.78, 5) is 18.0. The highest BCUT2D eigenvalue weighted by molar-refractivity contribution is 6.13. The number of carbonyl (C=O) groups excluding carboxylic acids is 1. The van der Waals surface area contributed by atoms with Gasteiger partial charge < -0.3 is 5.32 Å². The normalized spacial score (nSPS) is 11.0. The van der Waals surface area contributed by atoms with Gasteiger partial charge in [-0.1, -0.05) is 37.3 Å². The second-order valence-electron chi connectivity index (χ2n) is 6.78. The van der Waals surface area contributed by atoms with Crippen molar-refractivity contribution in [2.75, 3.05) is 5.32 Å². The summed E-state index contributed by atoms with van der Waals surface area (Å²) in [5, 5.41) is 15.7. The Bertz CT molecular complexity index is 1200.